The lowest BCUT2D eigenvalue weighted by Crippen LogP contribution is -2.18. The van der Waals surface area contributed by atoms with Gasteiger partial charge in [-0.05, 0) is 38.1 Å². The first kappa shape index (κ1) is 21.4. The van der Waals surface area contributed by atoms with Crippen LogP contribution >= 0.6 is 0 Å². The molecule has 0 saturated heterocycles. The Morgan fingerprint density at radius 2 is 1.75 bits per heavy atom. The number of carbonyl (C=O) groups excluding carboxylic acids is 1. The predicted molar refractivity (Wildman–Crippen MR) is 129 cm³/mol. The Hall–Kier alpha value is -3.84. The van der Waals surface area contributed by atoms with E-state index in [1.807, 2.05) is 49.5 Å². The lowest BCUT2D eigenvalue weighted by molar-refractivity contribution is 0.130. The van der Waals surface area contributed by atoms with Crippen molar-refractivity contribution >= 4 is 45.0 Å². The fourth-order valence-corrected chi connectivity index (χ4v) is 3.64. The Bertz CT molecular complexity index is 1270. The quantitative estimate of drug-likeness (QED) is 0.239. The van der Waals surface area contributed by atoms with E-state index in [9.17, 15) is 9.90 Å². The van der Waals surface area contributed by atoms with Crippen LogP contribution in [0.5, 0.6) is 0 Å². The molecular weight excluding hydrogens is 404 g/mol. The van der Waals surface area contributed by atoms with Crippen molar-refractivity contribution in [3.05, 3.63) is 72.3 Å². The number of benzene rings is 3. The zero-order valence-electron chi connectivity index (χ0n) is 18.2. The standard InChI is InChI=1S/C25H26N4O3/c1-15(2)32-25(31)27-17-9-6-8-16(14-17)24(30)29-22-18-10-4-5-12-20(18)28-23-19(22)11-7-13-21(23)26-3/h4-15,24,26,30H,1-3H3,(H,27,31)(H,28,29). The Labute approximate surface area is 186 Å². The maximum absolute atomic E-state index is 11.9. The summed E-state index contributed by atoms with van der Waals surface area (Å²) in [6.07, 6.45) is -1.77. The number of rotatable bonds is 6. The molecule has 0 bridgehead atoms. The molecular formula is C25H26N4O3. The van der Waals surface area contributed by atoms with Gasteiger partial charge < -0.3 is 20.5 Å². The number of anilines is 3. The summed E-state index contributed by atoms with van der Waals surface area (Å²) in [7, 11) is 1.86. The molecule has 0 spiro atoms. The van der Waals surface area contributed by atoms with Gasteiger partial charge in [-0.1, -0.05) is 42.5 Å². The molecule has 32 heavy (non-hydrogen) atoms. The number of aromatic nitrogens is 1. The van der Waals surface area contributed by atoms with E-state index in [4.69, 9.17) is 9.72 Å². The van der Waals surface area contributed by atoms with E-state index in [1.54, 1.807) is 38.1 Å². The molecule has 1 atom stereocenters. The monoisotopic (exact) mass is 430 g/mol. The van der Waals surface area contributed by atoms with Gasteiger partial charge in [0.05, 0.1) is 28.5 Å². The Morgan fingerprint density at radius 3 is 2.53 bits per heavy atom. The van der Waals surface area contributed by atoms with Gasteiger partial charge in [0.2, 0.25) is 0 Å². The van der Waals surface area contributed by atoms with Crippen LogP contribution in [0.25, 0.3) is 21.8 Å². The fraction of sp³-hybridized carbons (Fsp3) is 0.200. The maximum Gasteiger partial charge on any atom is 0.411 e. The molecule has 0 fully saturated rings. The largest absolute Gasteiger partial charge is 0.447 e. The van der Waals surface area contributed by atoms with Gasteiger partial charge in [-0.15, -0.1) is 0 Å². The van der Waals surface area contributed by atoms with E-state index >= 15 is 0 Å². The van der Waals surface area contributed by atoms with Crippen LogP contribution in [-0.4, -0.2) is 29.3 Å². The number of aliphatic hydroxyl groups is 1. The second kappa shape index (κ2) is 9.11. The summed E-state index contributed by atoms with van der Waals surface area (Å²) in [6.45, 7) is 3.57. The number of amides is 1. The SMILES string of the molecule is CNc1cccc2c(NC(O)c3cccc(NC(=O)OC(C)C)c3)c3ccccc3nc12. The van der Waals surface area contributed by atoms with Crippen LogP contribution in [0.2, 0.25) is 0 Å². The second-order valence-corrected chi connectivity index (χ2v) is 7.71. The molecule has 1 amide bonds. The first-order valence-electron chi connectivity index (χ1n) is 10.5. The number of hydrogen-bond donors (Lipinski definition) is 4. The third-order valence-electron chi connectivity index (χ3n) is 5.05. The Kier molecular flexibility index (Phi) is 6.09. The lowest BCUT2D eigenvalue weighted by atomic mass is 10.1. The van der Waals surface area contributed by atoms with Crippen molar-refractivity contribution in [2.75, 3.05) is 23.0 Å². The zero-order chi connectivity index (χ0) is 22.7. The summed E-state index contributed by atoms with van der Waals surface area (Å²) in [5.74, 6) is 0. The van der Waals surface area contributed by atoms with Crippen LogP contribution in [0.3, 0.4) is 0 Å². The van der Waals surface area contributed by atoms with Crippen LogP contribution < -0.4 is 16.0 Å². The van der Waals surface area contributed by atoms with Crippen LogP contribution in [0, 0.1) is 0 Å². The number of para-hydroxylation sites is 2. The number of nitrogens with zero attached hydrogens (tertiary/aromatic N) is 1. The molecule has 0 aliphatic carbocycles. The van der Waals surface area contributed by atoms with Gasteiger partial charge in [-0.25, -0.2) is 9.78 Å². The first-order valence-corrected chi connectivity index (χ1v) is 10.5. The smallest absolute Gasteiger partial charge is 0.411 e. The highest BCUT2D eigenvalue weighted by Crippen LogP contribution is 2.35. The average molecular weight is 431 g/mol. The van der Waals surface area contributed by atoms with Gasteiger partial charge in [-0.2, -0.15) is 0 Å². The van der Waals surface area contributed by atoms with E-state index in [2.05, 4.69) is 16.0 Å². The average Bonchev–Trinajstić information content (AvgIpc) is 2.78. The summed E-state index contributed by atoms with van der Waals surface area (Å²) in [4.78, 5) is 16.7. The van der Waals surface area contributed by atoms with Gasteiger partial charge in [0.15, 0.2) is 6.23 Å². The van der Waals surface area contributed by atoms with Crippen LogP contribution in [0.1, 0.15) is 25.6 Å². The number of nitrogens with one attached hydrogen (secondary N) is 3. The third kappa shape index (κ3) is 4.43. The number of carbonyl (C=O) groups is 1. The first-order chi connectivity index (χ1) is 15.5. The Balaban J connectivity index is 1.70. The van der Waals surface area contributed by atoms with Crippen molar-refractivity contribution in [2.45, 2.75) is 26.2 Å². The van der Waals surface area contributed by atoms with Gasteiger partial charge in [0.1, 0.15) is 0 Å². The highest BCUT2D eigenvalue weighted by molar-refractivity contribution is 6.10. The van der Waals surface area contributed by atoms with Crippen molar-refractivity contribution in [1.82, 2.24) is 4.98 Å². The minimum atomic E-state index is -1.01. The molecule has 164 valence electrons. The van der Waals surface area contributed by atoms with E-state index in [0.717, 1.165) is 33.2 Å². The van der Waals surface area contributed by atoms with Gasteiger partial charge in [0.25, 0.3) is 0 Å². The molecule has 4 rings (SSSR count). The minimum Gasteiger partial charge on any atom is -0.447 e. The number of pyridine rings is 1. The summed E-state index contributed by atoms with van der Waals surface area (Å²) in [5, 5.41) is 22.0. The van der Waals surface area contributed by atoms with Gasteiger partial charge in [-0.3, -0.25) is 5.32 Å². The van der Waals surface area contributed by atoms with Crippen molar-refractivity contribution < 1.29 is 14.6 Å². The van der Waals surface area contributed by atoms with Crippen molar-refractivity contribution in [2.24, 2.45) is 0 Å². The molecule has 0 saturated carbocycles. The van der Waals surface area contributed by atoms with Gasteiger partial charge >= 0.3 is 6.09 Å². The number of ether oxygens (including phenoxy) is 1. The summed E-state index contributed by atoms with van der Waals surface area (Å²) in [6, 6.07) is 20.7. The molecule has 0 aliphatic rings. The third-order valence-corrected chi connectivity index (χ3v) is 5.05. The topological polar surface area (TPSA) is 95.5 Å². The van der Waals surface area contributed by atoms with Crippen molar-refractivity contribution in [3.63, 3.8) is 0 Å². The summed E-state index contributed by atoms with van der Waals surface area (Å²) >= 11 is 0. The molecule has 0 radical (unpaired) electrons. The molecule has 1 aromatic heterocycles. The molecule has 7 heteroatoms. The lowest BCUT2D eigenvalue weighted by Gasteiger charge is -2.20. The zero-order valence-corrected chi connectivity index (χ0v) is 18.2. The van der Waals surface area contributed by atoms with E-state index in [0.29, 0.717) is 11.3 Å². The number of hydrogen-bond acceptors (Lipinski definition) is 6. The molecule has 7 nitrogen and oxygen atoms in total. The fourth-order valence-electron chi connectivity index (χ4n) is 3.64. The van der Waals surface area contributed by atoms with Gasteiger partial charge in [0, 0.05) is 29.1 Å². The Morgan fingerprint density at radius 1 is 1.00 bits per heavy atom. The minimum absolute atomic E-state index is 0.221. The molecule has 3 aromatic carbocycles. The summed E-state index contributed by atoms with van der Waals surface area (Å²) < 4.78 is 5.13. The normalized spacial score (nSPS) is 12.0. The predicted octanol–water partition coefficient (Wildman–Crippen LogP) is 5.49. The van der Waals surface area contributed by atoms with E-state index in [1.165, 1.54) is 0 Å². The number of fused-ring (bicyclic) bond motifs is 2. The maximum atomic E-state index is 11.9. The highest BCUT2D eigenvalue weighted by atomic mass is 16.6. The molecule has 4 N–H and O–H groups in total. The summed E-state index contributed by atoms with van der Waals surface area (Å²) in [5.41, 5.74) is 4.47. The van der Waals surface area contributed by atoms with Crippen molar-refractivity contribution in [1.29, 1.82) is 0 Å². The molecule has 1 unspecified atom stereocenters. The molecule has 0 aliphatic heterocycles. The van der Waals surface area contributed by atoms with E-state index < -0.39 is 12.3 Å². The molecule has 1 heterocycles. The van der Waals surface area contributed by atoms with E-state index in [-0.39, 0.29) is 6.10 Å². The number of aliphatic hydroxyl groups excluding tert-OH is 1. The highest BCUT2D eigenvalue weighted by Gasteiger charge is 2.16. The molecule has 4 aromatic rings. The van der Waals surface area contributed by atoms with Crippen LogP contribution in [-0.2, 0) is 4.74 Å². The second-order valence-electron chi connectivity index (χ2n) is 7.71. The van der Waals surface area contributed by atoms with Crippen LogP contribution in [0.15, 0.2) is 66.7 Å². The van der Waals surface area contributed by atoms with Crippen LogP contribution in [0.4, 0.5) is 21.9 Å². The van der Waals surface area contributed by atoms with Crippen molar-refractivity contribution in [3.8, 4) is 0 Å².